The minimum atomic E-state index is -0.402. The topological polar surface area (TPSA) is 59.7 Å². The Bertz CT molecular complexity index is 757. The molecule has 7 heteroatoms. The minimum Gasteiger partial charge on any atom is -0.441 e. The van der Waals surface area contributed by atoms with Gasteiger partial charge in [-0.05, 0) is 42.6 Å². The molecule has 22 heavy (non-hydrogen) atoms. The Balaban J connectivity index is 1.69. The van der Waals surface area contributed by atoms with Crippen molar-refractivity contribution in [2.75, 3.05) is 6.54 Å². The number of rotatable bonds is 1. The molecule has 2 fully saturated rings. The van der Waals surface area contributed by atoms with Crippen LogP contribution in [0.4, 0.5) is 4.79 Å². The summed E-state index contributed by atoms with van der Waals surface area (Å²) in [6.07, 6.45) is 7.16. The number of hydrogen-bond donors (Lipinski definition) is 0. The summed E-state index contributed by atoms with van der Waals surface area (Å²) < 4.78 is 8.26. The van der Waals surface area contributed by atoms with Gasteiger partial charge in [-0.25, -0.2) is 9.78 Å². The molecule has 1 amide bonds. The first-order valence-electron chi connectivity index (χ1n) is 7.44. The molecule has 0 radical (unpaired) electrons. The van der Waals surface area contributed by atoms with Gasteiger partial charge < -0.3 is 9.64 Å². The van der Waals surface area contributed by atoms with Crippen molar-refractivity contribution in [3.05, 3.63) is 29.0 Å². The Morgan fingerprint density at radius 3 is 3.05 bits per heavy atom. The smallest absolute Gasteiger partial charge is 0.410 e. The number of aromatic nitrogens is 3. The summed E-state index contributed by atoms with van der Waals surface area (Å²) >= 11 is 3.49. The number of cyclic esters (lactones) is 1. The number of piperidine rings is 1. The second-order valence-electron chi connectivity index (χ2n) is 6.51. The summed E-state index contributed by atoms with van der Waals surface area (Å²) in [7, 11) is 0. The number of amides is 1. The lowest BCUT2D eigenvalue weighted by Crippen LogP contribution is -2.46. The third-order valence-electron chi connectivity index (χ3n) is 4.79. The van der Waals surface area contributed by atoms with Crippen molar-refractivity contribution in [3.63, 3.8) is 0 Å². The maximum atomic E-state index is 12.1. The van der Waals surface area contributed by atoms with Crippen LogP contribution in [0.2, 0.25) is 0 Å². The van der Waals surface area contributed by atoms with Crippen LogP contribution in [0.5, 0.6) is 0 Å². The van der Waals surface area contributed by atoms with Gasteiger partial charge in [0.25, 0.3) is 0 Å². The van der Waals surface area contributed by atoms with E-state index in [1.165, 1.54) is 0 Å². The molecule has 0 bridgehead atoms. The quantitative estimate of drug-likeness (QED) is 0.780. The van der Waals surface area contributed by atoms with Gasteiger partial charge in [-0.2, -0.15) is 0 Å². The van der Waals surface area contributed by atoms with Crippen molar-refractivity contribution in [2.45, 2.75) is 44.2 Å². The van der Waals surface area contributed by atoms with Crippen LogP contribution in [0.3, 0.4) is 0 Å². The number of hydrogen-bond acceptors (Lipinski definition) is 4. The molecule has 0 N–H and O–H groups in total. The third-order valence-corrected chi connectivity index (χ3v) is 5.35. The van der Waals surface area contributed by atoms with Crippen LogP contribution in [0.15, 0.2) is 23.3 Å². The van der Waals surface area contributed by atoms with Crippen LogP contribution in [0, 0.1) is 0 Å². The average Bonchev–Trinajstić information content (AvgIpc) is 2.95. The van der Waals surface area contributed by atoms with Crippen LogP contribution in [0.25, 0.3) is 5.52 Å². The van der Waals surface area contributed by atoms with Crippen LogP contribution in [-0.2, 0) is 4.74 Å². The zero-order valence-electron chi connectivity index (χ0n) is 12.5. The van der Waals surface area contributed by atoms with E-state index in [0.29, 0.717) is 6.54 Å². The molecule has 2 atom stereocenters. The average molecular weight is 365 g/mol. The van der Waals surface area contributed by atoms with E-state index in [9.17, 15) is 4.79 Å². The molecule has 6 nitrogen and oxygen atoms in total. The van der Waals surface area contributed by atoms with Crippen LogP contribution >= 0.6 is 15.9 Å². The summed E-state index contributed by atoms with van der Waals surface area (Å²) in [5.74, 6) is 0.211. The highest BCUT2D eigenvalue weighted by atomic mass is 79.9. The van der Waals surface area contributed by atoms with Gasteiger partial charge in [-0.1, -0.05) is 0 Å². The molecule has 0 aromatic carbocycles. The normalized spacial score (nSPS) is 27.0. The van der Waals surface area contributed by atoms with Gasteiger partial charge in [-0.3, -0.25) is 9.38 Å². The highest BCUT2D eigenvalue weighted by molar-refractivity contribution is 9.10. The highest BCUT2D eigenvalue weighted by Gasteiger charge is 2.50. The molecule has 2 aliphatic heterocycles. The monoisotopic (exact) mass is 364 g/mol. The molecule has 2 aliphatic rings. The number of ether oxygens (including phenoxy) is 1. The molecule has 0 unspecified atom stereocenters. The van der Waals surface area contributed by atoms with E-state index < -0.39 is 5.60 Å². The Hall–Kier alpha value is -1.63. The van der Waals surface area contributed by atoms with Gasteiger partial charge in [0.15, 0.2) is 4.73 Å². The Kier molecular flexibility index (Phi) is 2.98. The first-order chi connectivity index (χ1) is 10.5. The van der Waals surface area contributed by atoms with Gasteiger partial charge in [0.1, 0.15) is 5.60 Å². The van der Waals surface area contributed by atoms with E-state index >= 15 is 0 Å². The molecule has 4 heterocycles. The second-order valence-corrected chi connectivity index (χ2v) is 7.22. The number of carbonyl (C=O) groups excluding carboxylic acids is 1. The zero-order valence-corrected chi connectivity index (χ0v) is 14.1. The predicted octanol–water partition coefficient (Wildman–Crippen LogP) is 2.97. The Morgan fingerprint density at radius 1 is 1.41 bits per heavy atom. The minimum absolute atomic E-state index is 0.159. The van der Waals surface area contributed by atoms with Crippen LogP contribution in [0.1, 0.15) is 38.3 Å². The summed E-state index contributed by atoms with van der Waals surface area (Å²) in [5, 5.41) is 0. The molecule has 2 aromatic rings. The van der Waals surface area contributed by atoms with Crippen molar-refractivity contribution < 1.29 is 9.53 Å². The van der Waals surface area contributed by atoms with E-state index in [4.69, 9.17) is 4.74 Å². The fraction of sp³-hybridized carbons (Fsp3) is 0.533. The summed E-state index contributed by atoms with van der Waals surface area (Å²) in [6.45, 7) is 4.63. The molecular weight excluding hydrogens is 348 g/mol. The largest absolute Gasteiger partial charge is 0.441 e. The van der Waals surface area contributed by atoms with Crippen molar-refractivity contribution in [3.8, 4) is 0 Å². The van der Waals surface area contributed by atoms with Crippen molar-refractivity contribution in [1.29, 1.82) is 0 Å². The number of nitrogens with zero attached hydrogens (tertiary/aromatic N) is 4. The first-order valence-corrected chi connectivity index (χ1v) is 8.24. The van der Waals surface area contributed by atoms with E-state index in [0.717, 1.165) is 28.8 Å². The van der Waals surface area contributed by atoms with Crippen molar-refractivity contribution in [1.82, 2.24) is 19.3 Å². The number of carbonyl (C=O) groups is 1. The maximum absolute atomic E-state index is 12.1. The summed E-state index contributed by atoms with van der Waals surface area (Å²) in [6, 6.07) is 0.159. The molecule has 116 valence electrons. The molecule has 4 rings (SSSR count). The SMILES string of the molecule is CC1(C)OC(=O)N2C[C@H](c3nc(Br)n4ccncc34)CC[C@H]21. The lowest BCUT2D eigenvalue weighted by atomic mass is 9.84. The molecule has 0 saturated carbocycles. The number of imidazole rings is 1. The Morgan fingerprint density at radius 2 is 2.23 bits per heavy atom. The van der Waals surface area contributed by atoms with E-state index in [-0.39, 0.29) is 18.1 Å². The standard InChI is InChI=1S/C15H17BrN4O2/c1-15(2)11-4-3-9(8-20(11)14(21)22-15)12-10-7-17-5-6-19(10)13(16)18-12/h5-7,9,11H,3-4,8H2,1-2H3/t9-,11+/m1/s1. The highest BCUT2D eigenvalue weighted by Crippen LogP contribution is 2.41. The second kappa shape index (κ2) is 4.68. The summed E-state index contributed by atoms with van der Waals surface area (Å²) in [5.41, 5.74) is 1.58. The van der Waals surface area contributed by atoms with Crippen LogP contribution < -0.4 is 0 Å². The van der Waals surface area contributed by atoms with Crippen LogP contribution in [-0.4, -0.2) is 43.5 Å². The van der Waals surface area contributed by atoms with E-state index in [1.54, 1.807) is 6.20 Å². The van der Waals surface area contributed by atoms with Gasteiger partial charge in [-0.15, -0.1) is 0 Å². The number of halogens is 1. The fourth-order valence-corrected chi connectivity index (χ4v) is 4.19. The molecule has 0 spiro atoms. The maximum Gasteiger partial charge on any atom is 0.410 e. The first kappa shape index (κ1) is 14.0. The Labute approximate surface area is 136 Å². The van der Waals surface area contributed by atoms with E-state index in [2.05, 4.69) is 25.9 Å². The molecule has 0 aliphatic carbocycles. The van der Waals surface area contributed by atoms with Gasteiger partial charge in [0.05, 0.1) is 23.4 Å². The fourth-order valence-electron chi connectivity index (χ4n) is 3.69. The summed E-state index contributed by atoms with van der Waals surface area (Å²) in [4.78, 5) is 22.8. The van der Waals surface area contributed by atoms with Gasteiger partial charge >= 0.3 is 6.09 Å². The van der Waals surface area contributed by atoms with Crippen molar-refractivity contribution in [2.24, 2.45) is 0 Å². The molecule has 2 saturated heterocycles. The lowest BCUT2D eigenvalue weighted by Gasteiger charge is -2.36. The lowest BCUT2D eigenvalue weighted by molar-refractivity contribution is 0.0614. The van der Waals surface area contributed by atoms with E-state index in [1.807, 2.05) is 35.5 Å². The predicted molar refractivity (Wildman–Crippen MR) is 83.7 cm³/mol. The zero-order chi connectivity index (χ0) is 15.5. The van der Waals surface area contributed by atoms with Gasteiger partial charge in [0.2, 0.25) is 0 Å². The molecule has 2 aromatic heterocycles. The third kappa shape index (κ3) is 1.95. The molecular formula is C15H17BrN4O2. The van der Waals surface area contributed by atoms with Crippen molar-refractivity contribution >= 4 is 27.5 Å². The number of fused-ring (bicyclic) bond motifs is 2. The van der Waals surface area contributed by atoms with Gasteiger partial charge in [0, 0.05) is 24.9 Å².